The third kappa shape index (κ3) is 5.40. The molecule has 2 heterocycles. The summed E-state index contributed by atoms with van der Waals surface area (Å²) >= 11 is 0. The molecular formula is C23H26FN5O2. The van der Waals surface area contributed by atoms with E-state index in [4.69, 9.17) is 9.47 Å². The Morgan fingerprint density at radius 2 is 2.03 bits per heavy atom. The molecule has 0 saturated heterocycles. The molecule has 0 fully saturated rings. The van der Waals surface area contributed by atoms with Crippen LogP contribution < -0.4 is 15.4 Å². The van der Waals surface area contributed by atoms with Gasteiger partial charge in [-0.2, -0.15) is 5.10 Å². The van der Waals surface area contributed by atoms with Gasteiger partial charge in [0.25, 0.3) is 0 Å². The van der Waals surface area contributed by atoms with E-state index in [0.29, 0.717) is 38.6 Å². The molecule has 0 atom stereocenters. The van der Waals surface area contributed by atoms with E-state index in [2.05, 4.69) is 32.9 Å². The Kier molecular flexibility index (Phi) is 6.78. The number of benzene rings is 2. The Morgan fingerprint density at radius 1 is 1.16 bits per heavy atom. The number of fused-ring (bicyclic) bond motifs is 1. The summed E-state index contributed by atoms with van der Waals surface area (Å²) in [7, 11) is 1.73. The fourth-order valence-corrected chi connectivity index (χ4v) is 3.61. The van der Waals surface area contributed by atoms with Gasteiger partial charge in [0.1, 0.15) is 11.6 Å². The van der Waals surface area contributed by atoms with Crippen LogP contribution in [0.4, 0.5) is 4.39 Å². The smallest absolute Gasteiger partial charge is 0.191 e. The van der Waals surface area contributed by atoms with Crippen molar-refractivity contribution >= 4 is 5.96 Å². The van der Waals surface area contributed by atoms with Crippen molar-refractivity contribution in [1.29, 1.82) is 0 Å². The quantitative estimate of drug-likeness (QED) is 0.452. The zero-order valence-electron chi connectivity index (χ0n) is 17.5. The third-order valence-electron chi connectivity index (χ3n) is 5.12. The van der Waals surface area contributed by atoms with Gasteiger partial charge in [-0.1, -0.05) is 24.3 Å². The summed E-state index contributed by atoms with van der Waals surface area (Å²) in [6.45, 7) is 2.50. The molecule has 2 N–H and O–H groups in total. The average molecular weight is 423 g/mol. The van der Waals surface area contributed by atoms with E-state index in [1.807, 2.05) is 29.1 Å². The van der Waals surface area contributed by atoms with E-state index in [9.17, 15) is 4.39 Å². The number of rotatable bonds is 7. The highest BCUT2D eigenvalue weighted by Crippen LogP contribution is 2.29. The highest BCUT2D eigenvalue weighted by atomic mass is 19.1. The molecule has 1 aliphatic heterocycles. The van der Waals surface area contributed by atoms with Crippen molar-refractivity contribution in [2.75, 3.05) is 20.4 Å². The average Bonchev–Trinajstić information content (AvgIpc) is 3.30. The topological polar surface area (TPSA) is 72.7 Å². The Labute approximate surface area is 180 Å². The molecule has 1 aliphatic rings. The first-order valence-electron chi connectivity index (χ1n) is 10.2. The molecule has 0 spiro atoms. The van der Waals surface area contributed by atoms with Gasteiger partial charge in [0.05, 0.1) is 13.2 Å². The van der Waals surface area contributed by atoms with Crippen LogP contribution in [0.2, 0.25) is 0 Å². The highest BCUT2D eigenvalue weighted by molar-refractivity contribution is 5.79. The van der Waals surface area contributed by atoms with Gasteiger partial charge in [0.2, 0.25) is 0 Å². The number of aliphatic imine (C=N–C) groups is 1. The number of aromatic nitrogens is 2. The molecule has 0 saturated carbocycles. The van der Waals surface area contributed by atoms with Crippen LogP contribution in [-0.2, 0) is 30.9 Å². The molecule has 2 aromatic carbocycles. The van der Waals surface area contributed by atoms with Crippen molar-refractivity contribution in [1.82, 2.24) is 20.4 Å². The standard InChI is InChI=1S/C23H26FN5O2/c1-25-23(26-9-7-17-11-21(24)12-20-15-30-16-31-22(17)20)27-13-18-5-2-3-6-19(18)14-29-10-4-8-28-29/h2-6,8,10-12H,7,9,13-16H2,1H3,(H2,25,26,27). The molecule has 7 nitrogen and oxygen atoms in total. The maximum atomic E-state index is 13.9. The SMILES string of the molecule is CN=C(NCCc1cc(F)cc2c1OCOC2)NCc1ccccc1Cn1cccn1. The molecule has 162 valence electrons. The van der Waals surface area contributed by atoms with E-state index in [0.717, 1.165) is 16.9 Å². The molecule has 0 unspecified atom stereocenters. The van der Waals surface area contributed by atoms with Gasteiger partial charge in [-0.3, -0.25) is 9.67 Å². The van der Waals surface area contributed by atoms with Crippen LogP contribution in [-0.4, -0.2) is 36.1 Å². The lowest BCUT2D eigenvalue weighted by Gasteiger charge is -2.21. The minimum atomic E-state index is -0.279. The Balaban J connectivity index is 1.33. The number of guanidine groups is 1. The first kappa shape index (κ1) is 20.9. The highest BCUT2D eigenvalue weighted by Gasteiger charge is 2.16. The molecular weight excluding hydrogens is 397 g/mol. The molecule has 0 bridgehead atoms. The van der Waals surface area contributed by atoms with Crippen molar-refractivity contribution in [3.63, 3.8) is 0 Å². The molecule has 0 radical (unpaired) electrons. The summed E-state index contributed by atoms with van der Waals surface area (Å²) in [4.78, 5) is 4.30. The lowest BCUT2D eigenvalue weighted by atomic mass is 10.1. The maximum absolute atomic E-state index is 13.9. The predicted octanol–water partition coefficient (Wildman–Crippen LogP) is 2.84. The lowest BCUT2D eigenvalue weighted by Crippen LogP contribution is -2.38. The van der Waals surface area contributed by atoms with Gasteiger partial charge in [-0.25, -0.2) is 4.39 Å². The van der Waals surface area contributed by atoms with Crippen molar-refractivity contribution in [2.45, 2.75) is 26.1 Å². The van der Waals surface area contributed by atoms with Crippen LogP contribution in [0.1, 0.15) is 22.3 Å². The van der Waals surface area contributed by atoms with Crippen molar-refractivity contribution < 1.29 is 13.9 Å². The second-order valence-corrected chi connectivity index (χ2v) is 7.24. The molecule has 0 amide bonds. The van der Waals surface area contributed by atoms with Crippen LogP contribution in [0.25, 0.3) is 0 Å². The van der Waals surface area contributed by atoms with Crippen LogP contribution >= 0.6 is 0 Å². The summed E-state index contributed by atoms with van der Waals surface area (Å²) < 4.78 is 26.6. The molecule has 1 aromatic heterocycles. The number of hydrogen-bond acceptors (Lipinski definition) is 4. The van der Waals surface area contributed by atoms with Gasteiger partial charge in [-0.05, 0) is 41.3 Å². The number of nitrogens with zero attached hydrogens (tertiary/aromatic N) is 3. The minimum Gasteiger partial charge on any atom is -0.467 e. The number of halogens is 1. The summed E-state index contributed by atoms with van der Waals surface area (Å²) in [6, 6.07) is 13.2. The van der Waals surface area contributed by atoms with E-state index < -0.39 is 0 Å². The van der Waals surface area contributed by atoms with E-state index in [1.54, 1.807) is 13.2 Å². The fraction of sp³-hybridized carbons (Fsp3) is 0.304. The molecule has 8 heteroatoms. The van der Waals surface area contributed by atoms with Crippen molar-refractivity contribution in [3.05, 3.63) is 82.9 Å². The van der Waals surface area contributed by atoms with Crippen LogP contribution in [0.5, 0.6) is 5.75 Å². The minimum absolute atomic E-state index is 0.195. The summed E-state index contributed by atoms with van der Waals surface area (Å²) in [6.07, 6.45) is 4.34. The first-order valence-corrected chi connectivity index (χ1v) is 10.2. The van der Waals surface area contributed by atoms with Gasteiger partial charge in [0, 0.05) is 38.1 Å². The summed E-state index contributed by atoms with van der Waals surface area (Å²) in [5, 5.41) is 10.9. The number of hydrogen-bond donors (Lipinski definition) is 2. The van der Waals surface area contributed by atoms with Crippen LogP contribution in [0.15, 0.2) is 59.9 Å². The van der Waals surface area contributed by atoms with Gasteiger partial charge < -0.3 is 20.1 Å². The molecule has 4 rings (SSSR count). The second-order valence-electron chi connectivity index (χ2n) is 7.24. The Hall–Kier alpha value is -3.39. The van der Waals surface area contributed by atoms with E-state index in [1.165, 1.54) is 23.3 Å². The number of nitrogens with one attached hydrogen (secondary N) is 2. The Bertz CT molecular complexity index is 1040. The second kappa shape index (κ2) is 10.1. The molecule has 3 aromatic rings. The number of ether oxygens (including phenoxy) is 2. The molecule has 0 aliphatic carbocycles. The Morgan fingerprint density at radius 3 is 2.84 bits per heavy atom. The summed E-state index contributed by atoms with van der Waals surface area (Å²) in [5.41, 5.74) is 3.94. The predicted molar refractivity (Wildman–Crippen MR) is 116 cm³/mol. The van der Waals surface area contributed by atoms with Gasteiger partial charge >= 0.3 is 0 Å². The largest absolute Gasteiger partial charge is 0.467 e. The zero-order valence-corrected chi connectivity index (χ0v) is 17.5. The maximum Gasteiger partial charge on any atom is 0.191 e. The summed E-state index contributed by atoms with van der Waals surface area (Å²) in [5.74, 6) is 1.13. The first-order chi connectivity index (χ1) is 15.2. The van der Waals surface area contributed by atoms with E-state index >= 15 is 0 Å². The monoisotopic (exact) mass is 423 g/mol. The van der Waals surface area contributed by atoms with Gasteiger partial charge in [-0.15, -0.1) is 0 Å². The fourth-order valence-electron chi connectivity index (χ4n) is 3.61. The normalized spacial score (nSPS) is 13.4. The zero-order chi connectivity index (χ0) is 21.5. The third-order valence-corrected chi connectivity index (χ3v) is 5.12. The van der Waals surface area contributed by atoms with Gasteiger partial charge in [0.15, 0.2) is 12.8 Å². The van der Waals surface area contributed by atoms with Crippen molar-refractivity contribution in [3.8, 4) is 5.75 Å². The van der Waals surface area contributed by atoms with E-state index in [-0.39, 0.29) is 12.6 Å². The van der Waals surface area contributed by atoms with Crippen LogP contribution in [0, 0.1) is 5.82 Å². The lowest BCUT2D eigenvalue weighted by molar-refractivity contribution is -0.0172. The van der Waals surface area contributed by atoms with Crippen LogP contribution in [0.3, 0.4) is 0 Å². The molecule has 31 heavy (non-hydrogen) atoms. The van der Waals surface area contributed by atoms with Crippen molar-refractivity contribution in [2.24, 2.45) is 4.99 Å².